The molecule has 104 valence electrons. The van der Waals surface area contributed by atoms with E-state index in [2.05, 4.69) is 10.1 Å². The van der Waals surface area contributed by atoms with Gasteiger partial charge >= 0.3 is 0 Å². The topological polar surface area (TPSA) is 48.7 Å². The van der Waals surface area contributed by atoms with Crippen molar-refractivity contribution in [3.63, 3.8) is 0 Å². The number of hydrogen-bond acceptors (Lipinski definition) is 4. The first kappa shape index (κ1) is 13.6. The van der Waals surface area contributed by atoms with Gasteiger partial charge in [-0.2, -0.15) is 5.10 Å². The third-order valence-corrected chi connectivity index (χ3v) is 3.43. The number of hydrogen-bond donors (Lipinski definition) is 1. The van der Waals surface area contributed by atoms with Crippen molar-refractivity contribution in [2.75, 3.05) is 13.6 Å². The first-order valence-electron chi connectivity index (χ1n) is 6.55. The van der Waals surface area contributed by atoms with E-state index in [1.807, 2.05) is 12.1 Å². The van der Waals surface area contributed by atoms with Crippen LogP contribution in [0.4, 0.5) is 4.39 Å². The van der Waals surface area contributed by atoms with E-state index in [0.717, 1.165) is 5.69 Å². The van der Waals surface area contributed by atoms with Crippen LogP contribution in [0.5, 0.6) is 5.75 Å². The van der Waals surface area contributed by atoms with Crippen LogP contribution in [0.3, 0.4) is 0 Å². The molecule has 3 rings (SSSR count). The highest BCUT2D eigenvalue weighted by Crippen LogP contribution is 2.31. The highest BCUT2D eigenvalue weighted by atomic mass is 19.1. The molecule has 1 aliphatic rings. The van der Waals surface area contributed by atoms with Crippen LogP contribution in [0.25, 0.3) is 11.3 Å². The monoisotopic (exact) mass is 281 g/mol. The largest absolute Gasteiger partial charge is 0.506 e. The van der Waals surface area contributed by atoms with Gasteiger partial charge in [-0.25, -0.2) is 9.37 Å². The Kier molecular flexibility index (Phi) is 3.37. The fourth-order valence-corrected chi connectivity index (χ4v) is 2.34. The summed E-state index contributed by atoms with van der Waals surface area (Å²) in [4.78, 5) is 4.40. The Bertz CT molecular complexity index is 720. The van der Waals surface area contributed by atoms with Gasteiger partial charge in [-0.3, -0.25) is 5.01 Å². The minimum absolute atomic E-state index is 0.0335. The molecule has 2 radical (unpaired) electrons. The predicted molar refractivity (Wildman–Crippen MR) is 80.5 cm³/mol. The summed E-state index contributed by atoms with van der Waals surface area (Å²) < 4.78 is 14.0. The lowest BCUT2D eigenvalue weighted by molar-refractivity contribution is 0.380. The second kappa shape index (κ2) is 5.20. The third-order valence-electron chi connectivity index (χ3n) is 3.43. The van der Waals surface area contributed by atoms with Gasteiger partial charge in [0.25, 0.3) is 0 Å². The molecule has 1 unspecified atom stereocenters. The minimum atomic E-state index is -0.507. The Balaban J connectivity index is 2.04. The molecule has 0 bridgehead atoms. The summed E-state index contributed by atoms with van der Waals surface area (Å²) in [6.45, 7) is 0.710. The van der Waals surface area contributed by atoms with Crippen molar-refractivity contribution in [1.82, 2.24) is 9.99 Å². The van der Waals surface area contributed by atoms with Crippen molar-refractivity contribution in [3.8, 4) is 17.0 Å². The van der Waals surface area contributed by atoms with Crippen LogP contribution in [0.2, 0.25) is 0 Å². The third kappa shape index (κ3) is 2.61. The zero-order valence-corrected chi connectivity index (χ0v) is 11.5. The van der Waals surface area contributed by atoms with Crippen LogP contribution < -0.4 is 5.46 Å². The molecular weight excluding hydrogens is 268 g/mol. The summed E-state index contributed by atoms with van der Waals surface area (Å²) in [7, 11) is 7.42. The average molecular weight is 281 g/mol. The van der Waals surface area contributed by atoms with Gasteiger partial charge in [-0.1, -0.05) is 17.6 Å². The molecule has 0 saturated carbocycles. The number of hydrazone groups is 1. The van der Waals surface area contributed by atoms with Crippen molar-refractivity contribution < 1.29 is 9.50 Å². The number of benzene rings is 1. The van der Waals surface area contributed by atoms with Gasteiger partial charge in [0.15, 0.2) is 0 Å². The molecule has 0 amide bonds. The Morgan fingerprint density at radius 1 is 1.33 bits per heavy atom. The molecule has 1 aliphatic heterocycles. The van der Waals surface area contributed by atoms with Crippen molar-refractivity contribution in [1.29, 1.82) is 0 Å². The Labute approximate surface area is 123 Å². The van der Waals surface area contributed by atoms with Crippen LogP contribution in [0.15, 0.2) is 35.4 Å². The standard InChI is InChI=1S/C15H13BFN3O/c1-20-8-9(7-18-20)13-4-5-14(21)15(19-13)11-3-2-10(16)6-12(11)17/h2-7,9,21H,8H2,1H3. The van der Waals surface area contributed by atoms with E-state index >= 15 is 0 Å². The van der Waals surface area contributed by atoms with E-state index in [-0.39, 0.29) is 22.9 Å². The van der Waals surface area contributed by atoms with Gasteiger partial charge in [-0.05, 0) is 18.2 Å². The van der Waals surface area contributed by atoms with Gasteiger partial charge in [0.1, 0.15) is 25.1 Å². The first-order chi connectivity index (χ1) is 10.0. The molecule has 0 spiro atoms. The van der Waals surface area contributed by atoms with Crippen molar-refractivity contribution in [3.05, 3.63) is 41.8 Å². The lowest BCUT2D eigenvalue weighted by Crippen LogP contribution is -2.13. The van der Waals surface area contributed by atoms with E-state index in [0.29, 0.717) is 12.0 Å². The Hall–Kier alpha value is -2.37. The van der Waals surface area contributed by atoms with E-state index in [1.54, 1.807) is 18.3 Å². The van der Waals surface area contributed by atoms with Crippen molar-refractivity contribution in [2.45, 2.75) is 5.92 Å². The number of nitrogens with zero attached hydrogens (tertiary/aromatic N) is 3. The maximum absolute atomic E-state index is 14.0. The van der Waals surface area contributed by atoms with E-state index in [4.69, 9.17) is 7.85 Å². The maximum Gasteiger partial charge on any atom is 0.141 e. The van der Waals surface area contributed by atoms with Gasteiger partial charge in [-0.15, -0.1) is 0 Å². The molecule has 1 N–H and O–H groups in total. The highest BCUT2D eigenvalue weighted by molar-refractivity contribution is 6.32. The summed E-state index contributed by atoms with van der Waals surface area (Å²) in [5.41, 5.74) is 1.52. The molecule has 21 heavy (non-hydrogen) atoms. The average Bonchev–Trinajstić information content (AvgIpc) is 2.87. The lowest BCUT2D eigenvalue weighted by atomic mass is 9.94. The zero-order chi connectivity index (χ0) is 15.0. The van der Waals surface area contributed by atoms with E-state index in [1.165, 1.54) is 18.2 Å². The number of halogens is 1. The summed E-state index contributed by atoms with van der Waals surface area (Å²) in [6, 6.07) is 7.57. The molecule has 2 heterocycles. The van der Waals surface area contributed by atoms with Gasteiger partial charge < -0.3 is 5.11 Å². The summed E-state index contributed by atoms with van der Waals surface area (Å²) >= 11 is 0. The van der Waals surface area contributed by atoms with Crippen LogP contribution in [-0.4, -0.2) is 42.8 Å². The Morgan fingerprint density at radius 2 is 2.14 bits per heavy atom. The highest BCUT2D eigenvalue weighted by Gasteiger charge is 2.20. The number of aromatic hydroxyl groups is 1. The van der Waals surface area contributed by atoms with Gasteiger partial charge in [0.2, 0.25) is 0 Å². The zero-order valence-electron chi connectivity index (χ0n) is 11.5. The van der Waals surface area contributed by atoms with Crippen LogP contribution in [0, 0.1) is 5.82 Å². The van der Waals surface area contributed by atoms with Gasteiger partial charge in [0.05, 0.1) is 11.6 Å². The van der Waals surface area contributed by atoms with Gasteiger partial charge in [0, 0.05) is 25.4 Å². The summed E-state index contributed by atoms with van der Waals surface area (Å²) in [5, 5.41) is 15.9. The fraction of sp³-hybridized carbons (Fsp3) is 0.200. The van der Waals surface area contributed by atoms with E-state index < -0.39 is 5.82 Å². The number of rotatable bonds is 2. The minimum Gasteiger partial charge on any atom is -0.506 e. The molecule has 2 aromatic rings. The number of aromatic nitrogens is 1. The molecule has 0 aliphatic carbocycles. The second-order valence-electron chi connectivity index (χ2n) is 5.05. The number of likely N-dealkylation sites (N-methyl/N-ethyl adjacent to an activating group) is 1. The quantitative estimate of drug-likeness (QED) is 0.846. The smallest absolute Gasteiger partial charge is 0.141 e. The fourth-order valence-electron chi connectivity index (χ4n) is 2.34. The molecule has 1 aromatic carbocycles. The molecule has 0 saturated heterocycles. The van der Waals surface area contributed by atoms with E-state index in [9.17, 15) is 9.50 Å². The van der Waals surface area contributed by atoms with Crippen molar-refractivity contribution >= 4 is 19.5 Å². The molecule has 1 aromatic heterocycles. The normalized spacial score (nSPS) is 17.4. The molecule has 6 heteroatoms. The first-order valence-corrected chi connectivity index (χ1v) is 6.55. The predicted octanol–water partition coefficient (Wildman–Crippen LogP) is 1.40. The maximum atomic E-state index is 14.0. The SMILES string of the molecule is [B]c1ccc(-c2nc(C3C=NN(C)C3)ccc2O)c(F)c1. The Morgan fingerprint density at radius 3 is 2.81 bits per heavy atom. The summed E-state index contributed by atoms with van der Waals surface area (Å²) in [5.74, 6) is -0.538. The lowest BCUT2D eigenvalue weighted by Gasteiger charge is -2.12. The molecular formula is C15H13BFN3O. The van der Waals surface area contributed by atoms with Crippen LogP contribution >= 0.6 is 0 Å². The molecule has 4 nitrogen and oxygen atoms in total. The molecule has 1 atom stereocenters. The van der Waals surface area contributed by atoms with Crippen molar-refractivity contribution in [2.24, 2.45) is 5.10 Å². The summed E-state index contributed by atoms with van der Waals surface area (Å²) in [6.07, 6.45) is 1.79. The van der Waals surface area contributed by atoms with Crippen LogP contribution in [-0.2, 0) is 0 Å². The number of pyridine rings is 1. The van der Waals surface area contributed by atoms with Crippen LogP contribution in [0.1, 0.15) is 11.6 Å². The molecule has 0 fully saturated rings. The second-order valence-corrected chi connectivity index (χ2v) is 5.05.